The van der Waals surface area contributed by atoms with Crippen molar-refractivity contribution >= 4 is 5.69 Å². The molecule has 0 radical (unpaired) electrons. The number of anilines is 1. The fourth-order valence-electron chi connectivity index (χ4n) is 1.86. The summed E-state index contributed by atoms with van der Waals surface area (Å²) in [6, 6.07) is 17.7. The van der Waals surface area contributed by atoms with Gasteiger partial charge in [0.25, 0.3) is 0 Å². The monoisotopic (exact) mass is 266 g/mol. The van der Waals surface area contributed by atoms with Crippen LogP contribution in [0, 0.1) is 18.3 Å². The van der Waals surface area contributed by atoms with Gasteiger partial charge in [0.2, 0.25) is 0 Å². The molecule has 20 heavy (non-hydrogen) atoms. The largest absolute Gasteiger partial charge is 0.491 e. The van der Waals surface area contributed by atoms with E-state index >= 15 is 0 Å². The zero-order valence-corrected chi connectivity index (χ0v) is 11.8. The number of hydrogen-bond donors (Lipinski definition) is 1. The predicted octanol–water partition coefficient (Wildman–Crippen LogP) is 3.75. The van der Waals surface area contributed by atoms with Crippen LogP contribution in [0.2, 0.25) is 0 Å². The summed E-state index contributed by atoms with van der Waals surface area (Å²) in [4.78, 5) is 0. The van der Waals surface area contributed by atoms with Crippen LogP contribution in [0.1, 0.15) is 18.1 Å². The molecule has 1 unspecified atom stereocenters. The van der Waals surface area contributed by atoms with Gasteiger partial charge in [0, 0.05) is 5.69 Å². The predicted molar refractivity (Wildman–Crippen MR) is 80.9 cm³/mol. The lowest BCUT2D eigenvalue weighted by Crippen LogP contribution is -2.23. The summed E-state index contributed by atoms with van der Waals surface area (Å²) >= 11 is 0. The summed E-state index contributed by atoms with van der Waals surface area (Å²) in [6.45, 7) is 4.67. The molecule has 0 saturated carbocycles. The molecule has 0 aromatic heterocycles. The van der Waals surface area contributed by atoms with Gasteiger partial charge >= 0.3 is 0 Å². The highest BCUT2D eigenvalue weighted by atomic mass is 16.5. The minimum absolute atomic E-state index is 0.158. The van der Waals surface area contributed by atoms with E-state index in [-0.39, 0.29) is 6.04 Å². The number of rotatable bonds is 5. The minimum atomic E-state index is 0.158. The van der Waals surface area contributed by atoms with Crippen molar-refractivity contribution in [3.05, 3.63) is 59.7 Å². The summed E-state index contributed by atoms with van der Waals surface area (Å²) in [5.74, 6) is 0.870. The van der Waals surface area contributed by atoms with Crippen LogP contribution in [0.5, 0.6) is 5.75 Å². The summed E-state index contributed by atoms with van der Waals surface area (Å²) in [6.07, 6.45) is 0. The third kappa shape index (κ3) is 4.03. The number of benzene rings is 2. The van der Waals surface area contributed by atoms with Gasteiger partial charge in [0.15, 0.2) is 0 Å². The van der Waals surface area contributed by atoms with Crippen molar-refractivity contribution in [1.82, 2.24) is 0 Å². The average Bonchev–Trinajstić information content (AvgIpc) is 2.47. The number of nitrogens with zero attached hydrogens (tertiary/aromatic N) is 1. The van der Waals surface area contributed by atoms with Crippen molar-refractivity contribution in [2.45, 2.75) is 19.9 Å². The van der Waals surface area contributed by atoms with Crippen LogP contribution < -0.4 is 10.1 Å². The molecular weight excluding hydrogens is 248 g/mol. The Morgan fingerprint density at radius 2 is 1.95 bits per heavy atom. The van der Waals surface area contributed by atoms with Crippen LogP contribution in [-0.4, -0.2) is 12.6 Å². The quantitative estimate of drug-likeness (QED) is 0.896. The highest BCUT2D eigenvalue weighted by Gasteiger charge is 2.04. The molecule has 3 nitrogen and oxygen atoms in total. The fourth-order valence-corrected chi connectivity index (χ4v) is 1.86. The van der Waals surface area contributed by atoms with Gasteiger partial charge in [0.1, 0.15) is 12.4 Å². The minimum Gasteiger partial charge on any atom is -0.491 e. The molecule has 0 aliphatic carbocycles. The van der Waals surface area contributed by atoms with Crippen molar-refractivity contribution in [3.8, 4) is 11.8 Å². The Morgan fingerprint density at radius 3 is 2.65 bits per heavy atom. The zero-order valence-electron chi connectivity index (χ0n) is 11.8. The Bertz CT molecular complexity index is 599. The highest BCUT2D eigenvalue weighted by Crippen LogP contribution is 2.14. The first-order valence-corrected chi connectivity index (χ1v) is 6.63. The van der Waals surface area contributed by atoms with E-state index < -0.39 is 0 Å². The number of hydrogen-bond acceptors (Lipinski definition) is 3. The molecule has 0 aliphatic rings. The second-order valence-corrected chi connectivity index (χ2v) is 4.86. The summed E-state index contributed by atoms with van der Waals surface area (Å²) < 4.78 is 5.72. The fraction of sp³-hybridized carbons (Fsp3) is 0.235. The molecular formula is C17H18N2O. The first-order valence-electron chi connectivity index (χ1n) is 6.63. The molecule has 102 valence electrons. The van der Waals surface area contributed by atoms with Gasteiger partial charge in [-0.05, 0) is 44.2 Å². The molecule has 0 spiro atoms. The van der Waals surface area contributed by atoms with Gasteiger partial charge < -0.3 is 10.1 Å². The van der Waals surface area contributed by atoms with E-state index in [2.05, 4.69) is 18.3 Å². The molecule has 2 aromatic carbocycles. The zero-order chi connectivity index (χ0) is 14.4. The van der Waals surface area contributed by atoms with Gasteiger partial charge in [-0.3, -0.25) is 0 Å². The molecule has 1 N–H and O–H groups in total. The Morgan fingerprint density at radius 1 is 1.20 bits per heavy atom. The van der Waals surface area contributed by atoms with E-state index in [1.807, 2.05) is 49.4 Å². The van der Waals surface area contributed by atoms with Gasteiger partial charge in [-0.1, -0.05) is 23.8 Å². The molecule has 1 atom stereocenters. The lowest BCUT2D eigenvalue weighted by molar-refractivity contribution is 0.304. The molecule has 0 bridgehead atoms. The molecule has 0 amide bonds. The van der Waals surface area contributed by atoms with Gasteiger partial charge in [-0.25, -0.2) is 0 Å². The summed E-state index contributed by atoms with van der Waals surface area (Å²) in [7, 11) is 0. The van der Waals surface area contributed by atoms with Gasteiger partial charge in [-0.2, -0.15) is 5.26 Å². The van der Waals surface area contributed by atoms with E-state index in [0.29, 0.717) is 12.2 Å². The van der Waals surface area contributed by atoms with Crippen LogP contribution in [-0.2, 0) is 0 Å². The number of nitriles is 1. The van der Waals surface area contributed by atoms with E-state index in [1.54, 1.807) is 6.07 Å². The molecule has 0 heterocycles. The van der Waals surface area contributed by atoms with E-state index in [4.69, 9.17) is 10.00 Å². The third-order valence-electron chi connectivity index (χ3n) is 2.93. The van der Waals surface area contributed by atoms with Crippen LogP contribution in [0.25, 0.3) is 0 Å². The van der Waals surface area contributed by atoms with Crippen LogP contribution in [0.15, 0.2) is 48.5 Å². The number of aryl methyl sites for hydroxylation is 1. The SMILES string of the molecule is Cc1ccc(OCC(C)Nc2cccc(C#N)c2)cc1. The second-order valence-electron chi connectivity index (χ2n) is 4.86. The first kappa shape index (κ1) is 14.0. The van der Waals surface area contributed by atoms with Gasteiger partial charge in [-0.15, -0.1) is 0 Å². The van der Waals surface area contributed by atoms with E-state index in [9.17, 15) is 0 Å². The first-order chi connectivity index (χ1) is 9.67. The second kappa shape index (κ2) is 6.63. The molecule has 2 rings (SSSR count). The standard InChI is InChI=1S/C17H18N2O/c1-13-6-8-17(9-7-13)20-12-14(2)19-16-5-3-4-15(10-16)11-18/h3-10,14,19H,12H2,1-2H3. The maximum Gasteiger partial charge on any atom is 0.119 e. The Kier molecular flexibility index (Phi) is 4.62. The van der Waals surface area contributed by atoms with Crippen molar-refractivity contribution in [2.75, 3.05) is 11.9 Å². The van der Waals surface area contributed by atoms with Crippen molar-refractivity contribution in [1.29, 1.82) is 5.26 Å². The van der Waals surface area contributed by atoms with E-state index in [1.165, 1.54) is 5.56 Å². The summed E-state index contributed by atoms with van der Waals surface area (Å²) in [5.41, 5.74) is 2.81. The van der Waals surface area contributed by atoms with Gasteiger partial charge in [0.05, 0.1) is 17.7 Å². The molecule has 0 aliphatic heterocycles. The highest BCUT2D eigenvalue weighted by molar-refractivity contribution is 5.49. The van der Waals surface area contributed by atoms with Crippen LogP contribution >= 0.6 is 0 Å². The van der Waals surface area contributed by atoms with Crippen LogP contribution in [0.3, 0.4) is 0 Å². The maximum atomic E-state index is 8.87. The van der Waals surface area contributed by atoms with Crippen LogP contribution in [0.4, 0.5) is 5.69 Å². The Labute approximate surface area is 119 Å². The van der Waals surface area contributed by atoms with E-state index in [0.717, 1.165) is 11.4 Å². The Hall–Kier alpha value is -2.47. The van der Waals surface area contributed by atoms with Crippen molar-refractivity contribution < 1.29 is 4.74 Å². The third-order valence-corrected chi connectivity index (χ3v) is 2.93. The summed E-state index contributed by atoms with van der Waals surface area (Å²) in [5, 5.41) is 12.2. The normalized spacial score (nSPS) is 11.4. The molecule has 0 saturated heterocycles. The van der Waals surface area contributed by atoms with Crippen molar-refractivity contribution in [2.24, 2.45) is 0 Å². The lowest BCUT2D eigenvalue weighted by atomic mass is 10.2. The molecule has 2 aromatic rings. The average molecular weight is 266 g/mol. The maximum absolute atomic E-state index is 8.87. The lowest BCUT2D eigenvalue weighted by Gasteiger charge is -2.16. The van der Waals surface area contributed by atoms with Crippen molar-refractivity contribution in [3.63, 3.8) is 0 Å². The number of ether oxygens (including phenoxy) is 1. The topological polar surface area (TPSA) is 45.0 Å². The molecule has 3 heteroatoms. The molecule has 0 fully saturated rings. The number of nitrogens with one attached hydrogen (secondary N) is 1. The smallest absolute Gasteiger partial charge is 0.119 e. The Balaban J connectivity index is 1.87.